The molecule has 1 aromatic carbocycles. The molecule has 1 aliphatic heterocycles. The van der Waals surface area contributed by atoms with Gasteiger partial charge in [0.1, 0.15) is 17.8 Å². The molecule has 3 heterocycles. The lowest BCUT2D eigenvalue weighted by molar-refractivity contribution is -0.108. The maximum absolute atomic E-state index is 14.6. The normalized spacial score (nSPS) is 14.0. The van der Waals surface area contributed by atoms with E-state index in [9.17, 15) is 13.7 Å². The predicted octanol–water partition coefficient (Wildman–Crippen LogP) is 3.33. The van der Waals surface area contributed by atoms with Crippen molar-refractivity contribution in [1.82, 2.24) is 19.7 Å². The maximum Gasteiger partial charge on any atom is 0.225 e. The molecule has 0 fully saturated rings. The first-order valence-corrected chi connectivity index (χ1v) is 11.0. The van der Waals surface area contributed by atoms with Gasteiger partial charge in [-0.05, 0) is 43.9 Å². The van der Waals surface area contributed by atoms with Gasteiger partial charge < -0.3 is 15.0 Å². The molecule has 0 spiro atoms. The smallest absolute Gasteiger partial charge is 0.225 e. The number of hydrogen-bond acceptors (Lipinski definition) is 7. The van der Waals surface area contributed by atoms with E-state index in [1.165, 1.54) is 12.1 Å². The van der Waals surface area contributed by atoms with E-state index < -0.39 is 6.04 Å². The largest absolute Gasteiger partial charge is 0.350 e. The van der Waals surface area contributed by atoms with Crippen molar-refractivity contribution in [2.24, 2.45) is 0 Å². The zero-order valence-electron chi connectivity index (χ0n) is 18.7. The number of aromatic nitrogens is 4. The van der Waals surface area contributed by atoms with Crippen molar-refractivity contribution in [1.29, 1.82) is 0 Å². The van der Waals surface area contributed by atoms with Crippen LogP contribution in [0.15, 0.2) is 36.7 Å². The molecule has 0 saturated heterocycles. The standard InChI is InChI=1S/C23H27F2N7O/c1-16(15-33)30(2)22-21-20(4-3-10-32(21)25)28-23(29-22)26-12-18-13-27-31(14-18)11-9-17-5-7-19(24)8-6-17/h5-8,13-16H,3-4,9-12H2,1-2H3,(H,26,28,29). The zero-order chi connectivity index (χ0) is 23.4. The summed E-state index contributed by atoms with van der Waals surface area (Å²) in [5.41, 5.74) is 2.93. The molecular formula is C23H27F2N7O. The molecule has 0 amide bonds. The van der Waals surface area contributed by atoms with Crippen LogP contribution in [-0.2, 0) is 30.7 Å². The van der Waals surface area contributed by atoms with Gasteiger partial charge in [0.2, 0.25) is 5.95 Å². The minimum atomic E-state index is -0.452. The lowest BCUT2D eigenvalue weighted by Gasteiger charge is -2.30. The van der Waals surface area contributed by atoms with Gasteiger partial charge in [0, 0.05) is 31.9 Å². The third-order valence-corrected chi connectivity index (χ3v) is 5.77. The van der Waals surface area contributed by atoms with E-state index >= 15 is 0 Å². The fourth-order valence-corrected chi connectivity index (χ4v) is 3.71. The Bertz CT molecular complexity index is 1100. The summed E-state index contributed by atoms with van der Waals surface area (Å²) in [6.07, 6.45) is 6.54. The number of carbonyl (C=O) groups excluding carboxylic acids is 1. The van der Waals surface area contributed by atoms with Gasteiger partial charge in [-0.3, -0.25) is 4.68 Å². The number of rotatable bonds is 9. The third-order valence-electron chi connectivity index (χ3n) is 5.77. The molecule has 0 bridgehead atoms. The molecule has 0 aliphatic carbocycles. The Hall–Kier alpha value is -3.56. The van der Waals surface area contributed by atoms with Crippen molar-refractivity contribution < 1.29 is 13.7 Å². The summed E-state index contributed by atoms with van der Waals surface area (Å²) in [5.74, 6) is 0.521. The summed E-state index contributed by atoms with van der Waals surface area (Å²) >= 11 is 0. The minimum absolute atomic E-state index is 0.246. The lowest BCUT2D eigenvalue weighted by Crippen LogP contribution is -2.34. The molecule has 1 unspecified atom stereocenters. The summed E-state index contributed by atoms with van der Waals surface area (Å²) in [4.78, 5) is 22.0. The van der Waals surface area contributed by atoms with Crippen LogP contribution in [0.4, 0.5) is 26.3 Å². The Morgan fingerprint density at radius 1 is 1.24 bits per heavy atom. The van der Waals surface area contributed by atoms with E-state index in [1.54, 1.807) is 37.2 Å². The van der Waals surface area contributed by atoms with Gasteiger partial charge in [0.15, 0.2) is 5.82 Å². The molecular weight excluding hydrogens is 428 g/mol. The van der Waals surface area contributed by atoms with Crippen LogP contribution in [0.3, 0.4) is 0 Å². The Kier molecular flexibility index (Phi) is 6.81. The number of aldehydes is 1. The number of anilines is 3. The summed E-state index contributed by atoms with van der Waals surface area (Å²) in [6.45, 7) is 3.13. The molecule has 1 aliphatic rings. The van der Waals surface area contributed by atoms with Crippen LogP contribution in [0.1, 0.15) is 30.2 Å². The van der Waals surface area contributed by atoms with Gasteiger partial charge in [-0.15, -0.1) is 0 Å². The second-order valence-corrected chi connectivity index (χ2v) is 8.18. The van der Waals surface area contributed by atoms with Crippen molar-refractivity contribution in [2.45, 2.75) is 45.3 Å². The summed E-state index contributed by atoms with van der Waals surface area (Å²) < 4.78 is 29.4. The number of aryl methyl sites for hydroxylation is 3. The lowest BCUT2D eigenvalue weighted by atomic mass is 10.1. The molecule has 10 heteroatoms. The number of nitrogens with zero attached hydrogens (tertiary/aromatic N) is 6. The van der Waals surface area contributed by atoms with E-state index in [4.69, 9.17) is 0 Å². The molecule has 1 N–H and O–H groups in total. The quantitative estimate of drug-likeness (QED) is 0.392. The zero-order valence-corrected chi connectivity index (χ0v) is 18.7. The highest BCUT2D eigenvalue weighted by Gasteiger charge is 2.27. The van der Waals surface area contributed by atoms with E-state index in [0.717, 1.165) is 23.8 Å². The summed E-state index contributed by atoms with van der Waals surface area (Å²) in [7, 11) is 1.72. The number of likely N-dealkylation sites (N-methyl/N-ethyl adjacent to an activating group) is 1. The number of carbonyl (C=O) groups is 1. The molecule has 174 valence electrons. The average Bonchev–Trinajstić information content (AvgIpc) is 3.29. The van der Waals surface area contributed by atoms with Crippen LogP contribution in [0, 0.1) is 5.82 Å². The van der Waals surface area contributed by atoms with E-state index in [1.807, 2.05) is 10.9 Å². The van der Waals surface area contributed by atoms with Crippen LogP contribution in [0.2, 0.25) is 0 Å². The second kappa shape index (κ2) is 9.93. The van der Waals surface area contributed by atoms with Gasteiger partial charge in [0.25, 0.3) is 0 Å². The molecule has 1 atom stereocenters. The average molecular weight is 456 g/mol. The molecule has 3 aromatic rings. The summed E-state index contributed by atoms with van der Waals surface area (Å²) in [5, 5.41) is 8.24. The van der Waals surface area contributed by atoms with Crippen LogP contribution in [0.25, 0.3) is 0 Å². The van der Waals surface area contributed by atoms with Crippen molar-refractivity contribution in [2.75, 3.05) is 28.9 Å². The van der Waals surface area contributed by atoms with Gasteiger partial charge >= 0.3 is 0 Å². The van der Waals surface area contributed by atoms with Crippen molar-refractivity contribution in [3.8, 4) is 0 Å². The van der Waals surface area contributed by atoms with Gasteiger partial charge in [-0.25, -0.2) is 14.5 Å². The van der Waals surface area contributed by atoms with Crippen molar-refractivity contribution >= 4 is 23.7 Å². The van der Waals surface area contributed by atoms with Gasteiger partial charge in [-0.1, -0.05) is 16.6 Å². The fourth-order valence-electron chi connectivity index (χ4n) is 3.71. The highest BCUT2D eigenvalue weighted by atomic mass is 19.2. The Morgan fingerprint density at radius 2 is 2.03 bits per heavy atom. The van der Waals surface area contributed by atoms with Crippen LogP contribution >= 0.6 is 0 Å². The monoisotopic (exact) mass is 455 g/mol. The third kappa shape index (κ3) is 5.27. The highest BCUT2D eigenvalue weighted by Crippen LogP contribution is 2.36. The van der Waals surface area contributed by atoms with Crippen LogP contribution in [0.5, 0.6) is 0 Å². The number of benzene rings is 1. The van der Waals surface area contributed by atoms with Crippen LogP contribution < -0.4 is 15.3 Å². The van der Waals surface area contributed by atoms with E-state index in [-0.39, 0.29) is 12.4 Å². The van der Waals surface area contributed by atoms with E-state index in [2.05, 4.69) is 20.4 Å². The van der Waals surface area contributed by atoms with Crippen molar-refractivity contribution in [3.05, 3.63) is 59.3 Å². The number of hydrogen-bond donors (Lipinski definition) is 1. The molecule has 33 heavy (non-hydrogen) atoms. The van der Waals surface area contributed by atoms with Gasteiger partial charge in [0.05, 0.1) is 24.5 Å². The van der Waals surface area contributed by atoms with Gasteiger partial charge in [-0.2, -0.15) is 10.1 Å². The first kappa shape index (κ1) is 22.6. The summed E-state index contributed by atoms with van der Waals surface area (Å²) in [6, 6.07) is 6.00. The second-order valence-electron chi connectivity index (χ2n) is 8.18. The highest BCUT2D eigenvalue weighted by molar-refractivity contribution is 5.75. The number of fused-ring (bicyclic) bond motifs is 1. The molecule has 4 rings (SSSR count). The minimum Gasteiger partial charge on any atom is -0.350 e. The molecule has 0 saturated carbocycles. The van der Waals surface area contributed by atoms with Crippen molar-refractivity contribution in [3.63, 3.8) is 0 Å². The SMILES string of the molecule is CC(C=O)N(C)c1nc(NCc2cnn(CCc3ccc(F)cc3)c2)nc2c1N(F)CCC2. The number of nitrogens with one attached hydrogen (secondary N) is 1. The van der Waals surface area contributed by atoms with E-state index in [0.29, 0.717) is 54.2 Å². The maximum atomic E-state index is 14.6. The topological polar surface area (TPSA) is 79.2 Å². The molecule has 2 aromatic heterocycles. The number of halogens is 2. The van der Waals surface area contributed by atoms with Crippen LogP contribution in [-0.4, -0.2) is 45.7 Å². The predicted molar refractivity (Wildman–Crippen MR) is 122 cm³/mol. The first-order valence-electron chi connectivity index (χ1n) is 11.0. The fraction of sp³-hybridized carbons (Fsp3) is 0.391. The Morgan fingerprint density at radius 3 is 2.79 bits per heavy atom. The first-order chi connectivity index (χ1) is 15.9. The molecule has 0 radical (unpaired) electrons. The Labute approximate surface area is 191 Å². The molecule has 8 nitrogen and oxygen atoms in total. The Balaban J connectivity index is 1.45.